The van der Waals surface area contributed by atoms with Crippen molar-refractivity contribution >= 4 is 11.9 Å². The minimum Gasteiger partial charge on any atom is -0.489 e. The van der Waals surface area contributed by atoms with Gasteiger partial charge in [-0.1, -0.05) is 33.8 Å². The lowest BCUT2D eigenvalue weighted by molar-refractivity contribution is 0.0512. The topological polar surface area (TPSA) is 71.1 Å². The van der Waals surface area contributed by atoms with Crippen molar-refractivity contribution in [1.82, 2.24) is 0 Å². The third kappa shape index (κ3) is 7.01. The van der Waals surface area contributed by atoms with Crippen molar-refractivity contribution in [3.63, 3.8) is 0 Å². The van der Waals surface area contributed by atoms with Crippen molar-refractivity contribution in [2.45, 2.75) is 41.5 Å². The first-order valence-electron chi connectivity index (χ1n) is 11.1. The second-order valence-electron chi connectivity index (χ2n) is 8.27. The Morgan fingerprint density at radius 3 is 1.94 bits per heavy atom. The van der Waals surface area contributed by atoms with Gasteiger partial charge < -0.3 is 18.9 Å². The number of esters is 2. The van der Waals surface area contributed by atoms with Crippen LogP contribution in [-0.4, -0.2) is 38.4 Å². The van der Waals surface area contributed by atoms with Crippen LogP contribution in [0.25, 0.3) is 11.1 Å². The monoisotopic (exact) mass is 442 g/mol. The molecular weight excluding hydrogens is 408 g/mol. The van der Waals surface area contributed by atoms with E-state index in [1.807, 2.05) is 18.2 Å². The number of hydrogen-bond donors (Lipinski definition) is 0. The summed E-state index contributed by atoms with van der Waals surface area (Å²) in [5.74, 6) is 1.03. The summed E-state index contributed by atoms with van der Waals surface area (Å²) in [5.41, 5.74) is 2.01. The first kappa shape index (κ1) is 25.2. The second-order valence-corrected chi connectivity index (χ2v) is 8.27. The quantitative estimate of drug-likeness (QED) is 0.411. The largest absolute Gasteiger partial charge is 0.489 e. The molecule has 0 bridgehead atoms. The third-order valence-corrected chi connectivity index (χ3v) is 4.43. The summed E-state index contributed by atoms with van der Waals surface area (Å²) in [7, 11) is 0. The van der Waals surface area contributed by atoms with E-state index in [0.29, 0.717) is 53.2 Å². The third-order valence-electron chi connectivity index (χ3n) is 4.43. The lowest BCUT2D eigenvalue weighted by Gasteiger charge is -2.17. The second kappa shape index (κ2) is 12.1. The maximum Gasteiger partial charge on any atom is 0.338 e. The fourth-order valence-corrected chi connectivity index (χ4v) is 2.93. The van der Waals surface area contributed by atoms with E-state index in [0.717, 1.165) is 5.56 Å². The van der Waals surface area contributed by atoms with E-state index in [2.05, 4.69) is 27.7 Å². The Kier molecular flexibility index (Phi) is 9.57. The summed E-state index contributed by atoms with van der Waals surface area (Å²) < 4.78 is 22.3. The van der Waals surface area contributed by atoms with Gasteiger partial charge in [0.15, 0.2) is 11.5 Å². The highest BCUT2D eigenvalue weighted by Gasteiger charge is 2.19. The molecule has 6 nitrogen and oxygen atoms in total. The van der Waals surface area contributed by atoms with Gasteiger partial charge in [-0.15, -0.1) is 0 Å². The molecule has 174 valence electrons. The van der Waals surface area contributed by atoms with Gasteiger partial charge in [0.2, 0.25) is 0 Å². The molecule has 0 N–H and O–H groups in total. The van der Waals surface area contributed by atoms with Crippen LogP contribution in [0.3, 0.4) is 0 Å². The van der Waals surface area contributed by atoms with Crippen molar-refractivity contribution in [1.29, 1.82) is 0 Å². The average Bonchev–Trinajstić information content (AvgIpc) is 2.76. The van der Waals surface area contributed by atoms with Gasteiger partial charge in [0.25, 0.3) is 0 Å². The molecule has 0 amide bonds. The maximum absolute atomic E-state index is 12.6. The molecule has 6 heteroatoms. The SMILES string of the molecule is CCOC(=O)c1ccc(C(=O)OCC)c(-c2ccc(OCC(C)C)c(OCC(C)C)c2)c1. The molecule has 0 aliphatic heterocycles. The molecule has 32 heavy (non-hydrogen) atoms. The number of carbonyl (C=O) groups is 2. The molecular formula is C26H34O6. The van der Waals surface area contributed by atoms with Crippen molar-refractivity contribution < 1.29 is 28.5 Å². The van der Waals surface area contributed by atoms with Crippen LogP contribution in [0, 0.1) is 11.8 Å². The van der Waals surface area contributed by atoms with Gasteiger partial charge >= 0.3 is 11.9 Å². The van der Waals surface area contributed by atoms with Crippen LogP contribution in [0.1, 0.15) is 62.3 Å². The van der Waals surface area contributed by atoms with E-state index in [1.165, 1.54) is 0 Å². The van der Waals surface area contributed by atoms with E-state index in [9.17, 15) is 9.59 Å². The molecule has 2 aromatic rings. The summed E-state index contributed by atoms with van der Waals surface area (Å²) in [4.78, 5) is 24.9. The number of carbonyl (C=O) groups excluding carboxylic acids is 2. The van der Waals surface area contributed by atoms with Crippen LogP contribution in [0.15, 0.2) is 36.4 Å². The van der Waals surface area contributed by atoms with Gasteiger partial charge in [0.1, 0.15) is 0 Å². The zero-order valence-electron chi connectivity index (χ0n) is 19.9. The fraction of sp³-hybridized carbons (Fsp3) is 0.462. The molecule has 0 heterocycles. The van der Waals surface area contributed by atoms with Crippen molar-refractivity contribution in [2.24, 2.45) is 11.8 Å². The minimum absolute atomic E-state index is 0.253. The molecule has 0 saturated carbocycles. The molecule has 0 aromatic heterocycles. The Hall–Kier alpha value is -3.02. The number of rotatable bonds is 11. The average molecular weight is 443 g/mol. The van der Waals surface area contributed by atoms with E-state index >= 15 is 0 Å². The molecule has 2 aromatic carbocycles. The maximum atomic E-state index is 12.6. The summed E-state index contributed by atoms with van der Waals surface area (Å²) in [6, 6.07) is 10.3. The van der Waals surface area contributed by atoms with Crippen molar-refractivity contribution in [3.05, 3.63) is 47.5 Å². The highest BCUT2D eigenvalue weighted by atomic mass is 16.5. The van der Waals surface area contributed by atoms with Gasteiger partial charge in [-0.2, -0.15) is 0 Å². The van der Waals surface area contributed by atoms with E-state index in [-0.39, 0.29) is 13.2 Å². The Morgan fingerprint density at radius 1 is 0.750 bits per heavy atom. The van der Waals surface area contributed by atoms with Crippen LogP contribution in [0.2, 0.25) is 0 Å². The van der Waals surface area contributed by atoms with E-state index in [1.54, 1.807) is 32.0 Å². The molecule has 0 spiro atoms. The Morgan fingerprint density at radius 2 is 1.34 bits per heavy atom. The first-order valence-corrected chi connectivity index (χ1v) is 11.1. The Bertz CT molecular complexity index is 917. The van der Waals surface area contributed by atoms with Crippen LogP contribution in [0.5, 0.6) is 11.5 Å². The summed E-state index contributed by atoms with van der Waals surface area (Å²) >= 11 is 0. The Balaban J connectivity index is 2.56. The number of hydrogen-bond acceptors (Lipinski definition) is 6. The highest BCUT2D eigenvalue weighted by molar-refractivity contribution is 6.00. The molecule has 0 aliphatic carbocycles. The molecule has 0 atom stereocenters. The van der Waals surface area contributed by atoms with Crippen LogP contribution in [0.4, 0.5) is 0 Å². The summed E-state index contributed by atoms with van der Waals surface area (Å²) in [6.07, 6.45) is 0. The predicted molar refractivity (Wildman–Crippen MR) is 124 cm³/mol. The normalized spacial score (nSPS) is 10.9. The molecule has 0 saturated heterocycles. The van der Waals surface area contributed by atoms with Crippen molar-refractivity contribution in [3.8, 4) is 22.6 Å². The zero-order valence-corrected chi connectivity index (χ0v) is 19.9. The number of ether oxygens (including phenoxy) is 4. The van der Waals surface area contributed by atoms with Gasteiger partial charge in [0.05, 0.1) is 37.6 Å². The lowest BCUT2D eigenvalue weighted by atomic mass is 9.96. The highest BCUT2D eigenvalue weighted by Crippen LogP contribution is 2.35. The van der Waals surface area contributed by atoms with Gasteiger partial charge in [0, 0.05) is 0 Å². The summed E-state index contributed by atoms with van der Waals surface area (Å²) in [5, 5.41) is 0. The lowest BCUT2D eigenvalue weighted by Crippen LogP contribution is -2.10. The van der Waals surface area contributed by atoms with E-state index in [4.69, 9.17) is 18.9 Å². The molecule has 0 unspecified atom stereocenters. The predicted octanol–water partition coefficient (Wildman–Crippen LogP) is 5.78. The molecule has 0 fully saturated rings. The first-order chi connectivity index (χ1) is 15.3. The van der Waals surface area contributed by atoms with Crippen LogP contribution >= 0.6 is 0 Å². The molecule has 0 aliphatic rings. The van der Waals surface area contributed by atoms with Crippen LogP contribution < -0.4 is 9.47 Å². The Labute approximate surface area is 190 Å². The fourth-order valence-electron chi connectivity index (χ4n) is 2.93. The standard InChI is InChI=1S/C26H34O6/c1-7-29-25(27)20-9-11-21(26(28)30-8-2)22(13-20)19-10-12-23(31-15-17(3)4)24(14-19)32-16-18(5)6/h9-14,17-18H,7-8,15-16H2,1-6H3. The minimum atomic E-state index is -0.456. The molecule has 2 rings (SSSR count). The van der Waals surface area contributed by atoms with Crippen LogP contribution in [-0.2, 0) is 9.47 Å². The van der Waals surface area contributed by atoms with Gasteiger partial charge in [-0.3, -0.25) is 0 Å². The zero-order chi connectivity index (χ0) is 23.7. The smallest absolute Gasteiger partial charge is 0.338 e. The summed E-state index contributed by atoms with van der Waals surface area (Å²) in [6.45, 7) is 13.4. The van der Waals surface area contributed by atoms with Gasteiger partial charge in [-0.05, 0) is 67.1 Å². The number of benzene rings is 2. The van der Waals surface area contributed by atoms with Crippen molar-refractivity contribution in [2.75, 3.05) is 26.4 Å². The van der Waals surface area contributed by atoms with E-state index < -0.39 is 11.9 Å². The van der Waals surface area contributed by atoms with Gasteiger partial charge in [-0.25, -0.2) is 9.59 Å². The molecule has 0 radical (unpaired) electrons.